The average Bonchev–Trinajstić information content (AvgIpc) is 3.64. The van der Waals surface area contributed by atoms with Crippen LogP contribution in [0.5, 0.6) is 28.9 Å². The molecular weight excluding hydrogens is 803 g/mol. The summed E-state index contributed by atoms with van der Waals surface area (Å²) in [6.45, 7) is 1.06. The van der Waals surface area contributed by atoms with Crippen molar-refractivity contribution in [2.24, 2.45) is 0 Å². The van der Waals surface area contributed by atoms with E-state index in [9.17, 15) is 29.6 Å². The van der Waals surface area contributed by atoms with Crippen LogP contribution in [0.25, 0.3) is 43.2 Å². The average molecular weight is 839 g/mol. The van der Waals surface area contributed by atoms with Crippen LogP contribution in [0, 0.1) is 12.7 Å². The van der Waals surface area contributed by atoms with Crippen LogP contribution in [0.3, 0.4) is 0 Å². The number of fused-ring (bicyclic) bond motifs is 1. The number of phenolic OH excluding ortho intramolecular Hbond substituents is 1. The summed E-state index contributed by atoms with van der Waals surface area (Å²) in [5, 5.41) is 40.7. The fourth-order valence-electron chi connectivity index (χ4n) is 6.31. The van der Waals surface area contributed by atoms with Crippen molar-refractivity contribution in [1.29, 1.82) is 0 Å². The number of phenols is 1. The third kappa shape index (κ3) is 9.03. The van der Waals surface area contributed by atoms with Crippen LogP contribution in [0.15, 0.2) is 97.5 Å². The van der Waals surface area contributed by atoms with Gasteiger partial charge in [-0.2, -0.15) is 0 Å². The van der Waals surface area contributed by atoms with Gasteiger partial charge in [0, 0.05) is 28.6 Å². The standard InChI is InChI=1S/C43H36ClFN4O9S/c1-23-30(12-14-34(38(23)44)57-21-29(52)19-50)36-37-41(47-22-48-42(37)59-39(36)24-7-9-26(45)10-8-24)58-35(43(53)54)18-25-17-28(51)11-13-32(25)56-20-27-15-16-46-40(49-27)31-5-3-4-6-33(31)55-2/h3-17,22,29,35,50-52H,18-21H2,1-2H3,(H,53,54). The van der Waals surface area contributed by atoms with E-state index in [0.717, 1.165) is 0 Å². The van der Waals surface area contributed by atoms with E-state index in [2.05, 4.69) is 19.9 Å². The molecule has 0 aliphatic carbocycles. The zero-order chi connectivity index (χ0) is 41.6. The van der Waals surface area contributed by atoms with Crippen molar-refractivity contribution in [2.45, 2.75) is 32.2 Å². The molecule has 2 unspecified atom stereocenters. The minimum atomic E-state index is -1.53. The summed E-state index contributed by atoms with van der Waals surface area (Å²) in [7, 11) is 1.56. The third-order valence-corrected chi connectivity index (χ3v) is 10.9. The Hall–Kier alpha value is -6.39. The van der Waals surface area contributed by atoms with Crippen LogP contribution in [-0.4, -0.2) is 78.9 Å². The molecule has 0 saturated carbocycles. The lowest BCUT2D eigenvalue weighted by Gasteiger charge is -2.19. The number of methoxy groups -OCH3 is 1. The van der Waals surface area contributed by atoms with Gasteiger partial charge in [0.15, 0.2) is 5.82 Å². The second kappa shape index (κ2) is 18.0. The lowest BCUT2D eigenvalue weighted by atomic mass is 9.96. The Morgan fingerprint density at radius 1 is 0.932 bits per heavy atom. The second-order valence-electron chi connectivity index (χ2n) is 13.2. The van der Waals surface area contributed by atoms with Crippen molar-refractivity contribution in [1.82, 2.24) is 19.9 Å². The van der Waals surface area contributed by atoms with Gasteiger partial charge in [0.2, 0.25) is 12.0 Å². The van der Waals surface area contributed by atoms with Gasteiger partial charge in [0.25, 0.3) is 0 Å². The molecule has 3 aromatic heterocycles. The predicted molar refractivity (Wildman–Crippen MR) is 219 cm³/mol. The number of carbonyl (C=O) groups is 1. The molecule has 16 heteroatoms. The number of nitrogens with zero attached hydrogens (tertiary/aromatic N) is 4. The lowest BCUT2D eigenvalue weighted by molar-refractivity contribution is -0.145. The molecule has 0 radical (unpaired) electrons. The van der Waals surface area contributed by atoms with Crippen LogP contribution in [0.2, 0.25) is 5.02 Å². The summed E-state index contributed by atoms with van der Waals surface area (Å²) < 4.78 is 37.7. The Morgan fingerprint density at radius 3 is 2.47 bits per heavy atom. The largest absolute Gasteiger partial charge is 0.508 e. The van der Waals surface area contributed by atoms with Crippen molar-refractivity contribution in [3.05, 3.63) is 125 Å². The summed E-state index contributed by atoms with van der Waals surface area (Å²) in [4.78, 5) is 32.0. The molecule has 0 bridgehead atoms. The van der Waals surface area contributed by atoms with Gasteiger partial charge in [-0.3, -0.25) is 0 Å². The molecule has 302 valence electrons. The fourth-order valence-corrected chi connectivity index (χ4v) is 7.68. The number of benzene rings is 4. The summed E-state index contributed by atoms with van der Waals surface area (Å²) in [6.07, 6.45) is -0.0336. The number of carboxylic acid groups (broad SMARTS) is 1. The number of thiophene rings is 1. The molecule has 4 N–H and O–H groups in total. The first kappa shape index (κ1) is 40.8. The van der Waals surface area contributed by atoms with Gasteiger partial charge in [0.05, 0.1) is 35.4 Å². The third-order valence-electron chi connectivity index (χ3n) is 9.24. The van der Waals surface area contributed by atoms with Crippen molar-refractivity contribution in [2.75, 3.05) is 20.3 Å². The molecule has 0 spiro atoms. The predicted octanol–water partition coefficient (Wildman–Crippen LogP) is 7.68. The van der Waals surface area contributed by atoms with E-state index in [-0.39, 0.29) is 47.8 Å². The maximum Gasteiger partial charge on any atom is 0.345 e. The molecule has 0 amide bonds. The Bertz CT molecular complexity index is 2630. The van der Waals surface area contributed by atoms with Gasteiger partial charge in [-0.05, 0) is 78.2 Å². The smallest absolute Gasteiger partial charge is 0.345 e. The number of ether oxygens (including phenoxy) is 4. The van der Waals surface area contributed by atoms with Gasteiger partial charge >= 0.3 is 5.97 Å². The van der Waals surface area contributed by atoms with E-state index in [4.69, 9.17) is 30.5 Å². The first-order chi connectivity index (χ1) is 28.5. The quantitative estimate of drug-likeness (QED) is 0.0743. The highest BCUT2D eigenvalue weighted by Crippen LogP contribution is 2.49. The molecule has 0 fully saturated rings. The van der Waals surface area contributed by atoms with Crippen molar-refractivity contribution >= 4 is 39.1 Å². The Balaban J connectivity index is 1.23. The minimum Gasteiger partial charge on any atom is -0.508 e. The van der Waals surface area contributed by atoms with Gasteiger partial charge in [-0.1, -0.05) is 41.9 Å². The van der Waals surface area contributed by atoms with Crippen molar-refractivity contribution in [3.8, 4) is 61.8 Å². The van der Waals surface area contributed by atoms with Crippen LogP contribution in [-0.2, 0) is 17.8 Å². The van der Waals surface area contributed by atoms with Gasteiger partial charge in [-0.15, -0.1) is 11.3 Å². The summed E-state index contributed by atoms with van der Waals surface area (Å²) >= 11 is 8.08. The first-order valence-electron chi connectivity index (χ1n) is 18.1. The lowest BCUT2D eigenvalue weighted by Crippen LogP contribution is -2.30. The number of aromatic nitrogens is 4. The van der Waals surface area contributed by atoms with Crippen LogP contribution in [0.4, 0.5) is 4.39 Å². The molecule has 59 heavy (non-hydrogen) atoms. The molecule has 0 aliphatic rings. The van der Waals surface area contributed by atoms with Crippen molar-refractivity contribution < 1.29 is 48.6 Å². The Morgan fingerprint density at radius 2 is 1.71 bits per heavy atom. The van der Waals surface area contributed by atoms with Gasteiger partial charge in [0.1, 0.15) is 59.3 Å². The maximum absolute atomic E-state index is 14.1. The zero-order valence-electron chi connectivity index (χ0n) is 31.5. The zero-order valence-corrected chi connectivity index (χ0v) is 33.1. The highest BCUT2D eigenvalue weighted by atomic mass is 35.5. The van der Waals surface area contributed by atoms with Gasteiger partial charge in [-0.25, -0.2) is 29.1 Å². The second-order valence-corrected chi connectivity index (χ2v) is 14.5. The van der Waals surface area contributed by atoms with E-state index >= 15 is 0 Å². The highest BCUT2D eigenvalue weighted by molar-refractivity contribution is 7.22. The normalized spacial score (nSPS) is 12.2. The molecule has 0 saturated heterocycles. The maximum atomic E-state index is 14.1. The van der Waals surface area contributed by atoms with Gasteiger partial charge < -0.3 is 39.4 Å². The molecule has 0 aliphatic heterocycles. The molecule has 4 aromatic carbocycles. The number of carboxylic acids is 1. The topological polar surface area (TPSA) is 186 Å². The molecular formula is C43H36ClFN4O9S. The highest BCUT2D eigenvalue weighted by Gasteiger charge is 2.28. The molecule has 13 nitrogen and oxygen atoms in total. The van der Waals surface area contributed by atoms with E-state index in [0.29, 0.717) is 65.7 Å². The molecule has 7 rings (SSSR count). The number of hydrogen-bond donors (Lipinski definition) is 4. The monoisotopic (exact) mass is 838 g/mol. The number of hydrogen-bond acceptors (Lipinski definition) is 13. The first-order valence-corrected chi connectivity index (χ1v) is 19.3. The van der Waals surface area contributed by atoms with E-state index < -0.39 is 30.6 Å². The minimum absolute atomic E-state index is 0.00818. The number of halogens is 2. The summed E-state index contributed by atoms with van der Waals surface area (Å²) in [6, 6.07) is 22.6. The van der Waals surface area contributed by atoms with E-state index in [1.54, 1.807) is 56.6 Å². The Labute approximate surface area is 345 Å². The number of aliphatic carboxylic acids is 1. The molecule has 2 atom stereocenters. The SMILES string of the molecule is COc1ccccc1-c1nccc(COc2ccc(O)cc2CC(Oc2ncnc3sc(-c4ccc(F)cc4)c(-c4ccc(OCC(O)CO)c(Cl)c4C)c23)C(=O)O)n1. The number of para-hydroxylation sites is 1. The van der Waals surface area contributed by atoms with Crippen molar-refractivity contribution in [3.63, 3.8) is 0 Å². The van der Waals surface area contributed by atoms with Crippen LogP contribution >= 0.6 is 22.9 Å². The fraction of sp³-hybridized carbons (Fsp3) is 0.186. The Kier molecular flexibility index (Phi) is 12.5. The number of aliphatic hydroxyl groups excluding tert-OH is 2. The molecule has 3 heterocycles. The number of rotatable bonds is 16. The van der Waals surface area contributed by atoms with E-state index in [1.807, 2.05) is 18.2 Å². The number of aromatic hydroxyl groups is 1. The number of aliphatic hydroxyl groups is 2. The molecule has 7 aromatic rings. The van der Waals surface area contributed by atoms with Crippen LogP contribution in [0.1, 0.15) is 16.8 Å². The van der Waals surface area contributed by atoms with Crippen LogP contribution < -0.4 is 18.9 Å². The summed E-state index contributed by atoms with van der Waals surface area (Å²) in [5.41, 5.74) is 3.93. The summed E-state index contributed by atoms with van der Waals surface area (Å²) in [5.74, 6) is -0.316. The van der Waals surface area contributed by atoms with E-state index in [1.165, 1.54) is 48.0 Å².